The third kappa shape index (κ3) is 5.02. The van der Waals surface area contributed by atoms with Gasteiger partial charge < -0.3 is 20.1 Å². The smallest absolute Gasteiger partial charge is 0.341 e. The lowest BCUT2D eigenvalue weighted by Crippen LogP contribution is -2.34. The van der Waals surface area contributed by atoms with Crippen molar-refractivity contribution in [1.29, 1.82) is 0 Å². The average molecular weight is 435 g/mol. The summed E-state index contributed by atoms with van der Waals surface area (Å²) >= 11 is 7.27. The first-order valence-corrected chi connectivity index (χ1v) is 9.96. The summed E-state index contributed by atoms with van der Waals surface area (Å²) in [5, 5.41) is 5.55. The van der Waals surface area contributed by atoms with E-state index in [0.717, 1.165) is 4.90 Å². The van der Waals surface area contributed by atoms with Gasteiger partial charge in [-0.15, -0.1) is 11.8 Å². The van der Waals surface area contributed by atoms with Crippen LogP contribution < -0.4 is 15.4 Å². The number of rotatable bonds is 6. The molecule has 0 saturated heterocycles. The molecule has 0 fully saturated rings. The molecule has 0 saturated carbocycles. The lowest BCUT2D eigenvalue weighted by molar-refractivity contribution is -0.124. The Labute approximate surface area is 177 Å². The number of hydrogen-bond donors (Lipinski definition) is 2. The third-order valence-corrected chi connectivity index (χ3v) is 5.80. The van der Waals surface area contributed by atoms with Crippen molar-refractivity contribution in [3.05, 3.63) is 52.5 Å². The minimum Gasteiger partial charge on any atom is -0.496 e. The molecule has 1 aliphatic rings. The van der Waals surface area contributed by atoms with E-state index < -0.39 is 11.2 Å². The van der Waals surface area contributed by atoms with E-state index in [-0.39, 0.29) is 30.3 Å². The van der Waals surface area contributed by atoms with E-state index in [0.29, 0.717) is 22.0 Å². The summed E-state index contributed by atoms with van der Waals surface area (Å²) in [6, 6.07) is 10.2. The van der Waals surface area contributed by atoms with Crippen molar-refractivity contribution >= 4 is 46.8 Å². The van der Waals surface area contributed by atoms with Crippen molar-refractivity contribution in [2.24, 2.45) is 0 Å². The molecular formula is C20H19ClN2O5S. The SMILES string of the molecule is COC(=O)c1cc(CNC(=O)C[C@@H]2Sc3ccc(Cl)cc3NC2=O)ccc1OC. The van der Waals surface area contributed by atoms with Crippen LogP contribution in [-0.2, 0) is 20.9 Å². The summed E-state index contributed by atoms with van der Waals surface area (Å²) in [5.74, 6) is -0.645. The zero-order valence-electron chi connectivity index (χ0n) is 15.8. The average Bonchev–Trinajstić information content (AvgIpc) is 2.72. The number of carbonyl (C=O) groups is 3. The third-order valence-electron chi connectivity index (χ3n) is 4.29. The molecule has 7 nitrogen and oxygen atoms in total. The summed E-state index contributed by atoms with van der Waals surface area (Å²) in [6.07, 6.45) is 0.0264. The maximum absolute atomic E-state index is 12.4. The second-order valence-corrected chi connectivity index (χ2v) is 7.92. The van der Waals surface area contributed by atoms with E-state index in [1.807, 2.05) is 6.07 Å². The van der Waals surface area contributed by atoms with E-state index in [4.69, 9.17) is 21.1 Å². The molecule has 3 rings (SSSR count). The van der Waals surface area contributed by atoms with Gasteiger partial charge in [-0.25, -0.2) is 4.79 Å². The van der Waals surface area contributed by atoms with Gasteiger partial charge in [-0.05, 0) is 35.9 Å². The zero-order chi connectivity index (χ0) is 21.0. The number of halogens is 1. The molecule has 9 heteroatoms. The largest absolute Gasteiger partial charge is 0.496 e. The number of hydrogen-bond acceptors (Lipinski definition) is 6. The van der Waals surface area contributed by atoms with E-state index in [1.165, 1.54) is 26.0 Å². The minimum atomic E-state index is -0.537. The Kier molecular flexibility index (Phi) is 6.66. The van der Waals surface area contributed by atoms with E-state index in [9.17, 15) is 14.4 Å². The minimum absolute atomic E-state index is 0.0264. The quantitative estimate of drug-likeness (QED) is 0.678. The molecule has 2 N–H and O–H groups in total. The van der Waals surface area contributed by atoms with Gasteiger partial charge in [-0.1, -0.05) is 17.7 Å². The summed E-state index contributed by atoms with van der Waals surface area (Å²) in [5.41, 5.74) is 1.64. The van der Waals surface area contributed by atoms with Crippen LogP contribution in [-0.4, -0.2) is 37.3 Å². The molecule has 2 aromatic rings. The first-order valence-electron chi connectivity index (χ1n) is 8.70. The van der Waals surface area contributed by atoms with Crippen LogP contribution in [0.3, 0.4) is 0 Å². The Balaban J connectivity index is 1.61. The predicted octanol–water partition coefficient (Wildman–Crippen LogP) is 3.25. The summed E-state index contributed by atoms with van der Waals surface area (Å²) in [4.78, 5) is 37.4. The molecule has 0 aliphatic carbocycles. The topological polar surface area (TPSA) is 93.7 Å². The lowest BCUT2D eigenvalue weighted by atomic mass is 10.1. The van der Waals surface area contributed by atoms with Gasteiger partial charge in [0.2, 0.25) is 11.8 Å². The van der Waals surface area contributed by atoms with E-state index >= 15 is 0 Å². The Hall–Kier alpha value is -2.71. The summed E-state index contributed by atoms with van der Waals surface area (Å²) < 4.78 is 9.90. The fraction of sp³-hybridized carbons (Fsp3) is 0.250. The monoisotopic (exact) mass is 434 g/mol. The van der Waals surface area contributed by atoms with Gasteiger partial charge in [0.25, 0.3) is 0 Å². The van der Waals surface area contributed by atoms with Gasteiger partial charge in [-0.3, -0.25) is 9.59 Å². The van der Waals surface area contributed by atoms with Crippen LogP contribution in [0, 0.1) is 0 Å². The van der Waals surface area contributed by atoms with Crippen LogP contribution in [0.5, 0.6) is 5.75 Å². The number of thioether (sulfide) groups is 1. The maximum atomic E-state index is 12.4. The predicted molar refractivity (Wildman–Crippen MR) is 111 cm³/mol. The summed E-state index contributed by atoms with van der Waals surface area (Å²) in [6.45, 7) is 0.206. The van der Waals surface area contributed by atoms with Crippen LogP contribution in [0.1, 0.15) is 22.3 Å². The number of anilines is 1. The molecule has 1 heterocycles. The standard InChI is InChI=1S/C20H19ClN2O5S/c1-27-15-5-3-11(7-13(15)20(26)28-2)10-22-18(24)9-17-19(25)23-14-8-12(21)4-6-16(14)29-17/h3-8,17H,9-10H2,1-2H3,(H,22,24)(H,23,25)/t17-/m0/s1. The fourth-order valence-electron chi connectivity index (χ4n) is 2.83. The van der Waals surface area contributed by atoms with Crippen molar-refractivity contribution in [1.82, 2.24) is 5.32 Å². The normalized spacial score (nSPS) is 15.1. The first kappa shape index (κ1) is 21.0. The molecule has 152 valence electrons. The Morgan fingerprint density at radius 1 is 1.21 bits per heavy atom. The highest BCUT2D eigenvalue weighted by Crippen LogP contribution is 2.38. The number of esters is 1. The van der Waals surface area contributed by atoms with E-state index in [2.05, 4.69) is 10.6 Å². The molecule has 0 aromatic heterocycles. The molecule has 2 aromatic carbocycles. The Morgan fingerprint density at radius 2 is 2.00 bits per heavy atom. The lowest BCUT2D eigenvalue weighted by Gasteiger charge is -2.23. The Bertz CT molecular complexity index is 966. The van der Waals surface area contributed by atoms with Crippen LogP contribution in [0.2, 0.25) is 5.02 Å². The van der Waals surface area contributed by atoms with Gasteiger partial charge in [-0.2, -0.15) is 0 Å². The van der Waals surface area contributed by atoms with Crippen molar-refractivity contribution in [2.45, 2.75) is 23.1 Å². The number of ether oxygens (including phenoxy) is 2. The van der Waals surface area contributed by atoms with Gasteiger partial charge >= 0.3 is 5.97 Å². The number of amides is 2. The van der Waals surface area contributed by atoms with Gasteiger partial charge in [0.05, 0.1) is 25.2 Å². The maximum Gasteiger partial charge on any atom is 0.341 e. The molecule has 1 aliphatic heterocycles. The van der Waals surface area contributed by atoms with Gasteiger partial charge in [0.1, 0.15) is 11.3 Å². The van der Waals surface area contributed by atoms with Gasteiger partial charge in [0, 0.05) is 22.9 Å². The molecule has 2 amide bonds. The highest BCUT2D eigenvalue weighted by atomic mass is 35.5. The zero-order valence-corrected chi connectivity index (χ0v) is 17.4. The molecule has 1 atom stereocenters. The second kappa shape index (κ2) is 9.19. The highest BCUT2D eigenvalue weighted by molar-refractivity contribution is 8.01. The van der Waals surface area contributed by atoms with Crippen LogP contribution >= 0.6 is 23.4 Å². The highest BCUT2D eigenvalue weighted by Gasteiger charge is 2.29. The van der Waals surface area contributed by atoms with Gasteiger partial charge in [0.15, 0.2) is 0 Å². The number of fused-ring (bicyclic) bond motifs is 1. The Morgan fingerprint density at radius 3 is 2.72 bits per heavy atom. The summed E-state index contributed by atoms with van der Waals surface area (Å²) in [7, 11) is 2.75. The number of carbonyl (C=O) groups excluding carboxylic acids is 3. The van der Waals surface area contributed by atoms with Crippen LogP contribution in [0.4, 0.5) is 5.69 Å². The first-order chi connectivity index (χ1) is 13.9. The van der Waals surface area contributed by atoms with Crippen LogP contribution in [0.25, 0.3) is 0 Å². The second-order valence-electron chi connectivity index (χ2n) is 6.24. The molecule has 29 heavy (non-hydrogen) atoms. The number of nitrogens with one attached hydrogen (secondary N) is 2. The molecule has 0 spiro atoms. The van der Waals surface area contributed by atoms with Crippen molar-refractivity contribution in [3.8, 4) is 5.75 Å². The van der Waals surface area contributed by atoms with Crippen molar-refractivity contribution in [3.63, 3.8) is 0 Å². The van der Waals surface area contributed by atoms with E-state index in [1.54, 1.807) is 30.3 Å². The van der Waals surface area contributed by atoms with Crippen LogP contribution in [0.15, 0.2) is 41.3 Å². The molecule has 0 unspecified atom stereocenters. The fourth-order valence-corrected chi connectivity index (χ4v) is 4.10. The molecule has 0 bridgehead atoms. The van der Waals surface area contributed by atoms with Crippen molar-refractivity contribution < 1.29 is 23.9 Å². The number of benzene rings is 2. The number of methoxy groups -OCH3 is 2. The molecular weight excluding hydrogens is 416 g/mol. The van der Waals surface area contributed by atoms with Crippen molar-refractivity contribution in [2.75, 3.05) is 19.5 Å². The molecule has 0 radical (unpaired) electrons.